The molecule has 2 amide bonds. The van der Waals surface area contributed by atoms with Gasteiger partial charge in [-0.2, -0.15) is 0 Å². The van der Waals surface area contributed by atoms with Gasteiger partial charge in [0.25, 0.3) is 5.91 Å². The molecule has 1 fully saturated rings. The summed E-state index contributed by atoms with van der Waals surface area (Å²) in [5.41, 5.74) is 4.97. The molecule has 3 aromatic carbocycles. The van der Waals surface area contributed by atoms with E-state index in [4.69, 9.17) is 11.6 Å². The van der Waals surface area contributed by atoms with E-state index in [0.717, 1.165) is 23.1 Å². The van der Waals surface area contributed by atoms with Gasteiger partial charge in [0.1, 0.15) is 5.37 Å². The minimum Gasteiger partial charge on any atom is -0.345 e. The second-order valence-electron chi connectivity index (χ2n) is 8.28. The number of thioether (sulfide) groups is 1. The van der Waals surface area contributed by atoms with Crippen LogP contribution in [0.4, 0.5) is 0 Å². The molecule has 170 valence electrons. The molecule has 0 aliphatic carbocycles. The van der Waals surface area contributed by atoms with Crippen LogP contribution >= 0.6 is 23.4 Å². The molecular weight excluding hydrogens is 452 g/mol. The largest absolute Gasteiger partial charge is 0.345 e. The molecular formula is C27H27ClN2O2S. The third-order valence-corrected chi connectivity index (χ3v) is 7.39. The Hall–Kier alpha value is -2.76. The third-order valence-electron chi connectivity index (χ3n) is 5.89. The van der Waals surface area contributed by atoms with Crippen molar-refractivity contribution in [1.29, 1.82) is 0 Å². The summed E-state index contributed by atoms with van der Waals surface area (Å²) in [7, 11) is 0. The molecule has 0 bridgehead atoms. The molecule has 0 saturated carbocycles. The number of amides is 2. The van der Waals surface area contributed by atoms with Crippen molar-refractivity contribution in [3.8, 4) is 0 Å². The van der Waals surface area contributed by atoms with Crippen LogP contribution in [0, 0.1) is 6.92 Å². The van der Waals surface area contributed by atoms with Crippen molar-refractivity contribution in [2.24, 2.45) is 0 Å². The number of halogens is 1. The van der Waals surface area contributed by atoms with E-state index in [-0.39, 0.29) is 23.2 Å². The lowest BCUT2D eigenvalue weighted by Gasteiger charge is -2.24. The number of nitrogens with one attached hydrogen (secondary N) is 1. The maximum atomic E-state index is 12.9. The van der Waals surface area contributed by atoms with Gasteiger partial charge >= 0.3 is 0 Å². The van der Waals surface area contributed by atoms with E-state index in [2.05, 4.69) is 43.4 Å². The molecule has 0 aromatic heterocycles. The summed E-state index contributed by atoms with van der Waals surface area (Å²) >= 11 is 7.60. The van der Waals surface area contributed by atoms with Crippen LogP contribution in [0.2, 0.25) is 5.02 Å². The highest BCUT2D eigenvalue weighted by Gasteiger charge is 2.32. The van der Waals surface area contributed by atoms with Crippen LogP contribution in [-0.2, 0) is 11.3 Å². The summed E-state index contributed by atoms with van der Waals surface area (Å²) in [6.45, 7) is 4.65. The van der Waals surface area contributed by atoms with Crippen molar-refractivity contribution in [2.75, 3.05) is 5.75 Å². The molecule has 0 spiro atoms. The molecule has 1 saturated heterocycles. The van der Waals surface area contributed by atoms with E-state index in [1.54, 1.807) is 11.8 Å². The van der Waals surface area contributed by atoms with Gasteiger partial charge in [0.15, 0.2) is 0 Å². The normalized spacial score (nSPS) is 16.6. The Bertz CT molecular complexity index is 1110. The van der Waals surface area contributed by atoms with Crippen LogP contribution in [0.5, 0.6) is 0 Å². The molecule has 6 heteroatoms. The van der Waals surface area contributed by atoms with Crippen LogP contribution < -0.4 is 5.32 Å². The molecule has 1 N–H and O–H groups in total. The van der Waals surface area contributed by atoms with Crippen LogP contribution in [-0.4, -0.2) is 22.5 Å². The van der Waals surface area contributed by atoms with Gasteiger partial charge < -0.3 is 10.2 Å². The number of carbonyl (C=O) groups is 2. The fraction of sp³-hybridized carbons (Fsp3) is 0.259. The zero-order chi connectivity index (χ0) is 23.4. The fourth-order valence-corrected chi connectivity index (χ4v) is 5.26. The molecule has 2 atom stereocenters. The van der Waals surface area contributed by atoms with Crippen molar-refractivity contribution in [3.63, 3.8) is 0 Å². The minimum absolute atomic E-state index is 0.0318. The summed E-state index contributed by atoms with van der Waals surface area (Å²) in [6.07, 6.45) is 0.813. The molecule has 33 heavy (non-hydrogen) atoms. The first-order chi connectivity index (χ1) is 15.9. The van der Waals surface area contributed by atoms with Crippen molar-refractivity contribution in [2.45, 2.75) is 38.2 Å². The van der Waals surface area contributed by atoms with Gasteiger partial charge in [-0.3, -0.25) is 9.59 Å². The second-order valence-corrected chi connectivity index (χ2v) is 9.78. The average molecular weight is 479 g/mol. The molecule has 1 aliphatic heterocycles. The lowest BCUT2D eigenvalue weighted by molar-refractivity contribution is -0.128. The molecule has 4 rings (SSSR count). The Balaban J connectivity index is 1.45. The Kier molecular flexibility index (Phi) is 7.41. The first-order valence-electron chi connectivity index (χ1n) is 11.1. The SMILES string of the molecule is CC[C@H](NC(=O)c1ccc([C@@H]2SCC(=O)N2Cc2ccc(Cl)cc2)cc1)c1ccc(C)cc1. The zero-order valence-electron chi connectivity index (χ0n) is 18.8. The van der Waals surface area contributed by atoms with Gasteiger partial charge in [0, 0.05) is 17.1 Å². The maximum absolute atomic E-state index is 12.9. The molecule has 3 aromatic rings. The Morgan fingerprint density at radius 2 is 1.73 bits per heavy atom. The maximum Gasteiger partial charge on any atom is 0.251 e. The highest BCUT2D eigenvalue weighted by atomic mass is 35.5. The number of aryl methyl sites for hydroxylation is 1. The highest BCUT2D eigenvalue weighted by molar-refractivity contribution is 8.00. The Morgan fingerprint density at radius 3 is 2.36 bits per heavy atom. The summed E-state index contributed by atoms with van der Waals surface area (Å²) in [5, 5.41) is 3.75. The third kappa shape index (κ3) is 5.60. The Labute approximate surface area is 204 Å². The average Bonchev–Trinajstić information content (AvgIpc) is 3.19. The van der Waals surface area contributed by atoms with E-state index in [0.29, 0.717) is 22.9 Å². The molecule has 4 nitrogen and oxygen atoms in total. The number of rotatable bonds is 7. The molecule has 1 aliphatic rings. The van der Waals surface area contributed by atoms with Crippen molar-refractivity contribution in [3.05, 3.63) is 106 Å². The van der Waals surface area contributed by atoms with Crippen LogP contribution in [0.3, 0.4) is 0 Å². The Morgan fingerprint density at radius 1 is 1.06 bits per heavy atom. The quantitative estimate of drug-likeness (QED) is 0.433. The first-order valence-corrected chi connectivity index (χ1v) is 12.5. The van der Waals surface area contributed by atoms with Crippen molar-refractivity contribution in [1.82, 2.24) is 10.2 Å². The van der Waals surface area contributed by atoms with E-state index in [1.165, 1.54) is 5.56 Å². The monoisotopic (exact) mass is 478 g/mol. The lowest BCUT2D eigenvalue weighted by Crippen LogP contribution is -2.28. The van der Waals surface area contributed by atoms with Gasteiger partial charge in [-0.15, -0.1) is 11.8 Å². The number of benzene rings is 3. The smallest absolute Gasteiger partial charge is 0.251 e. The topological polar surface area (TPSA) is 49.4 Å². The number of hydrogen-bond acceptors (Lipinski definition) is 3. The fourth-order valence-electron chi connectivity index (χ4n) is 3.95. The summed E-state index contributed by atoms with van der Waals surface area (Å²) in [4.78, 5) is 27.3. The standard InChI is InChI=1S/C27H27ClN2O2S/c1-3-24(20-8-4-18(2)5-9-20)29-26(32)21-10-12-22(13-11-21)27-30(25(31)17-33-27)16-19-6-14-23(28)15-7-19/h4-15,24,27H,3,16-17H2,1-2H3,(H,29,32)/t24-,27-/m0/s1. The van der Waals surface area contributed by atoms with Crippen molar-refractivity contribution >= 4 is 35.2 Å². The van der Waals surface area contributed by atoms with Crippen LogP contribution in [0.15, 0.2) is 72.8 Å². The van der Waals surface area contributed by atoms with Crippen LogP contribution in [0.1, 0.15) is 57.4 Å². The van der Waals surface area contributed by atoms with Gasteiger partial charge in [0.05, 0.1) is 11.8 Å². The first kappa shape index (κ1) is 23.4. The van der Waals surface area contributed by atoms with E-state index < -0.39 is 0 Å². The van der Waals surface area contributed by atoms with E-state index >= 15 is 0 Å². The number of carbonyl (C=O) groups excluding carboxylic acids is 2. The number of hydrogen-bond donors (Lipinski definition) is 1. The van der Waals surface area contributed by atoms with Crippen LogP contribution in [0.25, 0.3) is 0 Å². The minimum atomic E-state index is -0.0952. The summed E-state index contributed by atoms with van der Waals surface area (Å²) < 4.78 is 0. The van der Waals surface area contributed by atoms with E-state index in [1.807, 2.05) is 53.4 Å². The highest BCUT2D eigenvalue weighted by Crippen LogP contribution is 2.39. The van der Waals surface area contributed by atoms with Gasteiger partial charge in [0.2, 0.25) is 5.91 Å². The van der Waals surface area contributed by atoms with Gasteiger partial charge in [-0.1, -0.05) is 72.6 Å². The lowest BCUT2D eigenvalue weighted by atomic mass is 10.0. The molecule has 0 unspecified atom stereocenters. The summed E-state index contributed by atoms with van der Waals surface area (Å²) in [5.74, 6) is 0.475. The van der Waals surface area contributed by atoms with Crippen molar-refractivity contribution < 1.29 is 9.59 Å². The number of nitrogens with zero attached hydrogens (tertiary/aromatic N) is 1. The van der Waals surface area contributed by atoms with Gasteiger partial charge in [-0.05, 0) is 54.3 Å². The molecule has 0 radical (unpaired) electrons. The predicted octanol–water partition coefficient (Wildman–Crippen LogP) is 6.30. The zero-order valence-corrected chi connectivity index (χ0v) is 20.3. The second kappa shape index (κ2) is 10.4. The van der Waals surface area contributed by atoms with E-state index in [9.17, 15) is 9.59 Å². The summed E-state index contributed by atoms with van der Waals surface area (Å²) in [6, 6.07) is 23.4. The predicted molar refractivity (Wildman–Crippen MR) is 135 cm³/mol. The van der Waals surface area contributed by atoms with Gasteiger partial charge in [-0.25, -0.2) is 0 Å². The molecule has 1 heterocycles.